The molecule has 0 unspecified atom stereocenters. The molecule has 2 aromatic carbocycles. The second-order valence-corrected chi connectivity index (χ2v) is 9.76. The lowest BCUT2D eigenvalue weighted by atomic mass is 9.97. The number of benzene rings is 2. The van der Waals surface area contributed by atoms with Gasteiger partial charge in [-0.15, -0.1) is 0 Å². The quantitative estimate of drug-likeness (QED) is 0.256. The molecule has 0 bridgehead atoms. The fourth-order valence-electron chi connectivity index (χ4n) is 5.13. The van der Waals surface area contributed by atoms with Crippen LogP contribution in [0, 0.1) is 19.7 Å². The van der Waals surface area contributed by atoms with Crippen molar-refractivity contribution in [2.45, 2.75) is 33.0 Å². The van der Waals surface area contributed by atoms with E-state index in [1.807, 2.05) is 32.0 Å². The second kappa shape index (κ2) is 8.83. The van der Waals surface area contributed by atoms with Crippen LogP contribution in [0.4, 0.5) is 23.5 Å². The maximum absolute atomic E-state index is 15.8. The number of aromatic amines is 1. The lowest BCUT2D eigenvalue weighted by molar-refractivity contribution is -0.138. The van der Waals surface area contributed by atoms with E-state index in [1.54, 1.807) is 21.8 Å². The zero-order valence-corrected chi connectivity index (χ0v) is 21.1. The van der Waals surface area contributed by atoms with Crippen LogP contribution in [0.5, 0.6) is 0 Å². The minimum absolute atomic E-state index is 0.165. The second-order valence-electron chi connectivity index (χ2n) is 9.35. The van der Waals surface area contributed by atoms with Crippen molar-refractivity contribution in [3.05, 3.63) is 87.7 Å². The average Bonchev–Trinajstić information content (AvgIpc) is 3.49. The van der Waals surface area contributed by atoms with Gasteiger partial charge in [0.25, 0.3) is 0 Å². The van der Waals surface area contributed by atoms with Gasteiger partial charge < -0.3 is 9.88 Å². The molecular weight excluding hydrogens is 520 g/mol. The van der Waals surface area contributed by atoms with Crippen molar-refractivity contribution in [1.82, 2.24) is 24.7 Å². The van der Waals surface area contributed by atoms with E-state index in [0.29, 0.717) is 35.1 Å². The number of hydrogen-bond donors (Lipinski definition) is 1. The van der Waals surface area contributed by atoms with Crippen LogP contribution in [0.1, 0.15) is 27.9 Å². The first-order valence-corrected chi connectivity index (χ1v) is 12.3. The molecular formula is C27H21ClF4N6. The van der Waals surface area contributed by atoms with Gasteiger partial charge in [-0.25, -0.2) is 19.0 Å². The topological polar surface area (TPSA) is 62.6 Å². The Morgan fingerprint density at radius 2 is 1.76 bits per heavy atom. The predicted octanol–water partition coefficient (Wildman–Crippen LogP) is 6.80. The Kier molecular flexibility index (Phi) is 5.68. The van der Waals surface area contributed by atoms with Crippen LogP contribution in [0.15, 0.2) is 48.9 Å². The smallest absolute Gasteiger partial charge is 0.360 e. The van der Waals surface area contributed by atoms with Crippen LogP contribution < -0.4 is 4.90 Å². The third-order valence-corrected chi connectivity index (χ3v) is 7.22. The Hall–Kier alpha value is -3.92. The van der Waals surface area contributed by atoms with Crippen molar-refractivity contribution < 1.29 is 17.6 Å². The van der Waals surface area contributed by atoms with Crippen molar-refractivity contribution in [1.29, 1.82) is 0 Å². The number of para-hydroxylation sites is 1. The number of halogens is 5. The number of fused-ring (bicyclic) bond motifs is 2. The van der Waals surface area contributed by atoms with Crippen molar-refractivity contribution in [3.8, 4) is 16.9 Å². The molecule has 0 atom stereocenters. The zero-order valence-electron chi connectivity index (χ0n) is 20.4. The molecule has 4 heterocycles. The Labute approximate surface area is 219 Å². The third-order valence-electron chi connectivity index (χ3n) is 6.92. The first-order chi connectivity index (χ1) is 18.1. The number of anilines is 1. The molecule has 0 aliphatic carbocycles. The maximum Gasteiger partial charge on any atom is 0.419 e. The zero-order chi connectivity index (χ0) is 26.8. The maximum atomic E-state index is 15.8. The SMILES string of the molecule is Cc1cccc(C)c1-n1nc2c(c1-c1c(F)cc(Cl)c3[nH]ccc13)CN(c1ncc(C(F)(F)F)cn1)CC2. The monoisotopic (exact) mass is 540 g/mol. The molecule has 0 fully saturated rings. The summed E-state index contributed by atoms with van der Waals surface area (Å²) in [5.74, 6) is -0.335. The van der Waals surface area contributed by atoms with Gasteiger partial charge in [-0.05, 0) is 37.1 Å². The van der Waals surface area contributed by atoms with Gasteiger partial charge in [0.15, 0.2) is 0 Å². The average molecular weight is 541 g/mol. The highest BCUT2D eigenvalue weighted by molar-refractivity contribution is 6.35. The molecule has 1 N–H and O–H groups in total. The van der Waals surface area contributed by atoms with Crippen LogP contribution in [-0.4, -0.2) is 31.3 Å². The number of nitrogens with one attached hydrogen (secondary N) is 1. The summed E-state index contributed by atoms with van der Waals surface area (Å²) in [6.45, 7) is 4.64. The first kappa shape index (κ1) is 24.4. The van der Waals surface area contributed by atoms with Gasteiger partial charge in [0, 0.05) is 54.6 Å². The van der Waals surface area contributed by atoms with Gasteiger partial charge in [-0.3, -0.25) is 0 Å². The molecule has 0 radical (unpaired) electrons. The Bertz CT molecular complexity index is 1670. The molecule has 11 heteroatoms. The van der Waals surface area contributed by atoms with Gasteiger partial charge >= 0.3 is 6.18 Å². The summed E-state index contributed by atoms with van der Waals surface area (Å²) in [5.41, 5.74) is 4.90. The number of nitrogens with zero attached hydrogens (tertiary/aromatic N) is 5. The van der Waals surface area contributed by atoms with E-state index in [-0.39, 0.29) is 17.5 Å². The molecule has 0 spiro atoms. The first-order valence-electron chi connectivity index (χ1n) is 11.9. The number of H-pyrrole nitrogens is 1. The highest BCUT2D eigenvalue weighted by Gasteiger charge is 2.33. The normalized spacial score (nSPS) is 13.8. The van der Waals surface area contributed by atoms with E-state index in [9.17, 15) is 13.2 Å². The summed E-state index contributed by atoms with van der Waals surface area (Å²) < 4.78 is 56.7. The minimum Gasteiger partial charge on any atom is -0.360 e. The highest BCUT2D eigenvalue weighted by atomic mass is 35.5. The molecule has 194 valence electrons. The van der Waals surface area contributed by atoms with Crippen molar-refractivity contribution >= 4 is 28.5 Å². The fourth-order valence-corrected chi connectivity index (χ4v) is 5.39. The number of alkyl halides is 3. The summed E-state index contributed by atoms with van der Waals surface area (Å²) in [5, 5.41) is 5.81. The number of hydrogen-bond acceptors (Lipinski definition) is 4. The summed E-state index contributed by atoms with van der Waals surface area (Å²) in [6, 6.07) is 8.95. The molecule has 0 saturated heterocycles. The molecule has 6 rings (SSSR count). The molecule has 1 aliphatic rings. The summed E-state index contributed by atoms with van der Waals surface area (Å²) in [4.78, 5) is 12.8. The molecule has 5 aromatic rings. The summed E-state index contributed by atoms with van der Waals surface area (Å²) in [6.07, 6.45) is -0.784. The van der Waals surface area contributed by atoms with E-state index in [2.05, 4.69) is 15.0 Å². The van der Waals surface area contributed by atoms with Gasteiger partial charge in [0.1, 0.15) is 5.82 Å². The standard InChI is InChI=1S/C27H21ClF4N6/c1-14-4-3-5-15(2)24(14)38-25(22-17-6-8-33-23(17)19(28)10-20(22)29)18-13-37(9-7-21(18)36-38)26-34-11-16(12-35-26)27(30,31)32/h3-6,8,10-12,33H,7,9,13H2,1-2H3. The molecule has 0 saturated carbocycles. The molecule has 0 amide bonds. The van der Waals surface area contributed by atoms with Crippen LogP contribution in [0.2, 0.25) is 5.02 Å². The fraction of sp³-hybridized carbons (Fsp3) is 0.222. The van der Waals surface area contributed by atoms with Crippen LogP contribution in [-0.2, 0) is 19.1 Å². The molecule has 38 heavy (non-hydrogen) atoms. The van der Waals surface area contributed by atoms with Crippen molar-refractivity contribution in [2.75, 3.05) is 11.4 Å². The summed E-state index contributed by atoms with van der Waals surface area (Å²) >= 11 is 6.34. The van der Waals surface area contributed by atoms with Gasteiger partial charge in [0.05, 0.1) is 33.2 Å². The predicted molar refractivity (Wildman–Crippen MR) is 137 cm³/mol. The van der Waals surface area contributed by atoms with E-state index < -0.39 is 17.6 Å². The minimum atomic E-state index is -4.53. The van der Waals surface area contributed by atoms with Crippen molar-refractivity contribution in [2.24, 2.45) is 0 Å². The number of rotatable bonds is 3. The molecule has 1 aliphatic heterocycles. The number of aromatic nitrogens is 5. The lowest BCUT2D eigenvalue weighted by Gasteiger charge is -2.27. The van der Waals surface area contributed by atoms with Crippen LogP contribution in [0.3, 0.4) is 0 Å². The summed E-state index contributed by atoms with van der Waals surface area (Å²) in [7, 11) is 0. The lowest BCUT2D eigenvalue weighted by Crippen LogP contribution is -2.31. The van der Waals surface area contributed by atoms with E-state index in [0.717, 1.165) is 40.5 Å². The van der Waals surface area contributed by atoms with Gasteiger partial charge in [0.2, 0.25) is 5.95 Å². The van der Waals surface area contributed by atoms with Crippen molar-refractivity contribution in [3.63, 3.8) is 0 Å². The Morgan fingerprint density at radius 1 is 1.05 bits per heavy atom. The molecule has 3 aromatic heterocycles. The van der Waals surface area contributed by atoms with Gasteiger partial charge in [-0.2, -0.15) is 18.3 Å². The Morgan fingerprint density at radius 3 is 2.45 bits per heavy atom. The van der Waals surface area contributed by atoms with E-state index in [4.69, 9.17) is 16.7 Å². The van der Waals surface area contributed by atoms with E-state index >= 15 is 4.39 Å². The number of aryl methyl sites for hydroxylation is 2. The molecule has 6 nitrogen and oxygen atoms in total. The Balaban J connectivity index is 1.56. The van der Waals surface area contributed by atoms with Crippen LogP contribution in [0.25, 0.3) is 27.8 Å². The van der Waals surface area contributed by atoms with Crippen LogP contribution >= 0.6 is 11.6 Å². The van der Waals surface area contributed by atoms with Gasteiger partial charge in [-0.1, -0.05) is 29.8 Å². The third kappa shape index (κ3) is 3.91. The largest absolute Gasteiger partial charge is 0.419 e. The highest BCUT2D eigenvalue weighted by Crippen LogP contribution is 2.41. The van der Waals surface area contributed by atoms with E-state index in [1.165, 1.54) is 6.07 Å².